The van der Waals surface area contributed by atoms with Gasteiger partial charge in [0.05, 0.1) is 18.8 Å². The first-order valence-electron chi connectivity index (χ1n) is 25.9. The highest BCUT2D eigenvalue weighted by Crippen LogP contribution is 2.14. The molecule has 0 heterocycles. The van der Waals surface area contributed by atoms with Crippen LogP contribution in [0.5, 0.6) is 0 Å². The molecule has 0 radical (unpaired) electrons. The van der Waals surface area contributed by atoms with Crippen LogP contribution in [0.25, 0.3) is 0 Å². The van der Waals surface area contributed by atoms with Crippen LogP contribution < -0.4 is 5.32 Å². The standard InChI is InChI=1S/C59H97NO3/c1-3-5-7-9-11-13-15-17-18-19-20-21-22-23-24-25-26-27-28-29-30-31-32-33-34-35-36-37-38-39-40-41-42-43-45-47-49-51-53-55-59(63)60-57(56-61)58(62)54-52-50-48-46-44-16-14-12-10-8-6-4-2/h5,7,11,13,17-18,20-21,23-24,26-27,29-30,32-33,35-36,38-39,41-42,57-58,61-62H,3-4,6,8-10,12,14-16,19,22,25,28,31,34,37,40,43-56H2,1-2H3,(H,60,63)/b7-5-,13-11-,18-17-,21-20-,24-23-,27-26-,30-29-,33-32-,36-35-,39-38-,42-41-. The molecule has 0 saturated carbocycles. The van der Waals surface area contributed by atoms with Gasteiger partial charge in [-0.15, -0.1) is 0 Å². The lowest BCUT2D eigenvalue weighted by atomic mass is 10.0. The zero-order valence-electron chi connectivity index (χ0n) is 40.8. The van der Waals surface area contributed by atoms with Gasteiger partial charge in [0.2, 0.25) is 5.91 Å². The summed E-state index contributed by atoms with van der Waals surface area (Å²) < 4.78 is 0. The third kappa shape index (κ3) is 49.4. The van der Waals surface area contributed by atoms with Gasteiger partial charge in [-0.25, -0.2) is 0 Å². The maximum absolute atomic E-state index is 12.4. The largest absolute Gasteiger partial charge is 0.394 e. The van der Waals surface area contributed by atoms with Crippen LogP contribution >= 0.6 is 0 Å². The lowest BCUT2D eigenvalue weighted by Gasteiger charge is -2.22. The Kier molecular flexibility index (Phi) is 50.0. The van der Waals surface area contributed by atoms with Gasteiger partial charge in [0.1, 0.15) is 0 Å². The third-order valence-electron chi connectivity index (χ3n) is 10.9. The molecule has 63 heavy (non-hydrogen) atoms. The first kappa shape index (κ1) is 59.5. The number of carbonyl (C=O) groups excluding carboxylic acids is 1. The van der Waals surface area contributed by atoms with Crippen LogP contribution in [0.1, 0.15) is 213 Å². The van der Waals surface area contributed by atoms with Crippen LogP contribution in [0.4, 0.5) is 0 Å². The summed E-state index contributed by atoms with van der Waals surface area (Å²) in [6, 6.07) is -0.555. The molecule has 0 aliphatic rings. The summed E-state index contributed by atoms with van der Waals surface area (Å²) in [7, 11) is 0. The fourth-order valence-electron chi connectivity index (χ4n) is 7.01. The number of allylic oxidation sites excluding steroid dienone is 22. The van der Waals surface area contributed by atoms with E-state index in [9.17, 15) is 15.0 Å². The fraction of sp³-hybridized carbons (Fsp3) is 0.610. The van der Waals surface area contributed by atoms with Crippen molar-refractivity contribution in [1.29, 1.82) is 0 Å². The predicted molar refractivity (Wildman–Crippen MR) is 280 cm³/mol. The van der Waals surface area contributed by atoms with Crippen molar-refractivity contribution < 1.29 is 15.0 Å². The maximum atomic E-state index is 12.4. The zero-order chi connectivity index (χ0) is 45.6. The molecular weight excluding hydrogens is 771 g/mol. The first-order chi connectivity index (χ1) is 31.2. The van der Waals surface area contributed by atoms with E-state index < -0.39 is 12.1 Å². The van der Waals surface area contributed by atoms with E-state index in [1.807, 2.05) is 0 Å². The van der Waals surface area contributed by atoms with Crippen LogP contribution in [0.15, 0.2) is 134 Å². The van der Waals surface area contributed by atoms with Gasteiger partial charge in [0.25, 0.3) is 0 Å². The summed E-state index contributed by atoms with van der Waals surface area (Å²) in [5.74, 6) is -0.0570. The van der Waals surface area contributed by atoms with Crippen molar-refractivity contribution in [2.24, 2.45) is 0 Å². The fourth-order valence-corrected chi connectivity index (χ4v) is 7.01. The van der Waals surface area contributed by atoms with Crippen molar-refractivity contribution in [3.8, 4) is 0 Å². The number of unbranched alkanes of at least 4 members (excludes halogenated alkanes) is 16. The molecule has 0 aliphatic heterocycles. The Labute approximate surface area is 390 Å². The van der Waals surface area contributed by atoms with Gasteiger partial charge >= 0.3 is 0 Å². The van der Waals surface area contributed by atoms with Gasteiger partial charge in [0, 0.05) is 6.42 Å². The predicted octanol–water partition coefficient (Wildman–Crippen LogP) is 17.1. The molecule has 1 amide bonds. The topological polar surface area (TPSA) is 69.6 Å². The molecule has 0 bridgehead atoms. The lowest BCUT2D eigenvalue weighted by Crippen LogP contribution is -2.45. The second-order valence-corrected chi connectivity index (χ2v) is 16.9. The van der Waals surface area contributed by atoms with E-state index in [-0.39, 0.29) is 12.5 Å². The molecule has 0 aromatic carbocycles. The second kappa shape index (κ2) is 52.9. The van der Waals surface area contributed by atoms with Gasteiger partial charge in [-0.2, -0.15) is 0 Å². The Balaban J connectivity index is 3.67. The number of nitrogens with one attached hydrogen (secondary N) is 1. The summed E-state index contributed by atoms with van der Waals surface area (Å²) >= 11 is 0. The van der Waals surface area contributed by atoms with Crippen LogP contribution in [0.3, 0.4) is 0 Å². The average molecular weight is 868 g/mol. The highest BCUT2D eigenvalue weighted by molar-refractivity contribution is 5.76. The van der Waals surface area contributed by atoms with Crippen LogP contribution in [0.2, 0.25) is 0 Å². The van der Waals surface area contributed by atoms with E-state index >= 15 is 0 Å². The summed E-state index contributed by atoms with van der Waals surface area (Å²) in [5, 5.41) is 23.2. The zero-order valence-corrected chi connectivity index (χ0v) is 40.8. The molecule has 0 aromatic rings. The number of amides is 1. The minimum Gasteiger partial charge on any atom is -0.394 e. The van der Waals surface area contributed by atoms with E-state index in [1.54, 1.807) is 0 Å². The second-order valence-electron chi connectivity index (χ2n) is 16.9. The summed E-state index contributed by atoms with van der Waals surface area (Å²) in [6.07, 6.45) is 82.7. The molecule has 0 rings (SSSR count). The minimum atomic E-state index is -0.676. The van der Waals surface area contributed by atoms with E-state index in [2.05, 4.69) is 153 Å². The Morgan fingerprint density at radius 1 is 0.397 bits per heavy atom. The van der Waals surface area contributed by atoms with Crippen molar-refractivity contribution in [3.05, 3.63) is 134 Å². The van der Waals surface area contributed by atoms with Crippen LogP contribution in [-0.2, 0) is 4.79 Å². The summed E-state index contributed by atoms with van der Waals surface area (Å²) in [4.78, 5) is 12.4. The Morgan fingerprint density at radius 2 is 0.698 bits per heavy atom. The SMILES string of the molecule is CC/C=C\C/C=C\C/C=C\C/C=C\C/C=C\C/C=C\C/C=C\C/C=C\C/C=C\C/C=C\C/C=C\CCCCCCCC(=O)NC(CO)C(O)CCCCCCCCCCCCCC. The molecule has 0 saturated heterocycles. The van der Waals surface area contributed by atoms with E-state index in [4.69, 9.17) is 0 Å². The van der Waals surface area contributed by atoms with Crippen molar-refractivity contribution in [1.82, 2.24) is 5.32 Å². The van der Waals surface area contributed by atoms with Crippen LogP contribution in [0, 0.1) is 0 Å². The molecular formula is C59H97NO3. The minimum absolute atomic E-state index is 0.0570. The highest BCUT2D eigenvalue weighted by atomic mass is 16.3. The molecule has 4 heteroatoms. The lowest BCUT2D eigenvalue weighted by molar-refractivity contribution is -0.123. The van der Waals surface area contributed by atoms with Crippen molar-refractivity contribution >= 4 is 5.91 Å². The number of aliphatic hydroxyl groups is 2. The Hall–Kier alpha value is -3.47. The summed E-state index contributed by atoms with van der Waals surface area (Å²) in [5.41, 5.74) is 0. The highest BCUT2D eigenvalue weighted by Gasteiger charge is 2.20. The number of aliphatic hydroxyl groups excluding tert-OH is 2. The number of carbonyl (C=O) groups is 1. The molecule has 0 spiro atoms. The molecule has 4 nitrogen and oxygen atoms in total. The summed E-state index contributed by atoms with van der Waals surface area (Å²) in [6.45, 7) is 4.22. The first-order valence-corrected chi connectivity index (χ1v) is 25.9. The quantitative estimate of drug-likeness (QED) is 0.0422. The van der Waals surface area contributed by atoms with Gasteiger partial charge < -0.3 is 15.5 Å². The van der Waals surface area contributed by atoms with Gasteiger partial charge in [0.15, 0.2) is 0 Å². The molecule has 0 fully saturated rings. The van der Waals surface area contributed by atoms with Gasteiger partial charge in [-0.1, -0.05) is 244 Å². The molecule has 0 aliphatic carbocycles. The van der Waals surface area contributed by atoms with Crippen LogP contribution in [-0.4, -0.2) is 34.9 Å². The van der Waals surface area contributed by atoms with E-state index in [0.717, 1.165) is 109 Å². The smallest absolute Gasteiger partial charge is 0.220 e. The molecule has 2 unspecified atom stereocenters. The monoisotopic (exact) mass is 868 g/mol. The van der Waals surface area contributed by atoms with Crippen molar-refractivity contribution in [3.63, 3.8) is 0 Å². The number of hydrogen-bond acceptors (Lipinski definition) is 3. The molecule has 356 valence electrons. The molecule has 3 N–H and O–H groups in total. The number of hydrogen-bond donors (Lipinski definition) is 3. The van der Waals surface area contributed by atoms with E-state index in [1.165, 1.54) is 77.0 Å². The Bertz CT molecular complexity index is 1310. The Morgan fingerprint density at radius 3 is 1.05 bits per heavy atom. The third-order valence-corrected chi connectivity index (χ3v) is 10.9. The van der Waals surface area contributed by atoms with E-state index in [0.29, 0.717) is 12.8 Å². The van der Waals surface area contributed by atoms with Gasteiger partial charge in [-0.3, -0.25) is 4.79 Å². The maximum Gasteiger partial charge on any atom is 0.220 e. The van der Waals surface area contributed by atoms with Crippen molar-refractivity contribution in [2.75, 3.05) is 6.61 Å². The van der Waals surface area contributed by atoms with Crippen molar-refractivity contribution in [2.45, 2.75) is 225 Å². The number of rotatable bonds is 45. The normalized spacial score (nSPS) is 14.0. The van der Waals surface area contributed by atoms with Gasteiger partial charge in [-0.05, 0) is 96.3 Å². The molecule has 2 atom stereocenters. The molecule has 0 aromatic heterocycles. The average Bonchev–Trinajstić information content (AvgIpc) is 3.29.